The zero-order valence-corrected chi connectivity index (χ0v) is 13.3. The van der Waals surface area contributed by atoms with Gasteiger partial charge in [0.25, 0.3) is 0 Å². The summed E-state index contributed by atoms with van der Waals surface area (Å²) in [5, 5.41) is 1.88. The van der Waals surface area contributed by atoms with Gasteiger partial charge in [-0.25, -0.2) is 0 Å². The largest absolute Gasteiger partial charge is 0.293 e. The molecule has 0 radical (unpaired) electrons. The summed E-state index contributed by atoms with van der Waals surface area (Å²) in [6, 6.07) is 5.23. The van der Waals surface area contributed by atoms with Crippen molar-refractivity contribution in [2.45, 2.75) is 29.6 Å². The highest BCUT2D eigenvalue weighted by Crippen LogP contribution is 2.38. The van der Waals surface area contributed by atoms with Crippen LogP contribution >= 0.6 is 46.7 Å². The molecule has 1 nitrogen and oxygen atoms in total. The predicted octanol–water partition coefficient (Wildman–Crippen LogP) is 4.80. The van der Waals surface area contributed by atoms with Crippen LogP contribution in [-0.2, 0) is 0 Å². The fraction of sp³-hybridized carbons (Fsp3) is 0.462. The van der Waals surface area contributed by atoms with E-state index in [4.69, 9.17) is 23.2 Å². The topological polar surface area (TPSA) is 17.1 Å². The summed E-state index contributed by atoms with van der Waals surface area (Å²) in [6.45, 7) is 4.37. The highest BCUT2D eigenvalue weighted by Gasteiger charge is 2.31. The van der Waals surface area contributed by atoms with Gasteiger partial charge in [0.15, 0.2) is 5.78 Å². The van der Waals surface area contributed by atoms with Gasteiger partial charge in [0.05, 0.1) is 15.3 Å². The Morgan fingerprint density at radius 1 is 1.28 bits per heavy atom. The first-order valence-corrected chi connectivity index (χ1v) is 8.50. The van der Waals surface area contributed by atoms with E-state index in [1.807, 2.05) is 11.8 Å². The van der Waals surface area contributed by atoms with Gasteiger partial charge in [-0.1, -0.05) is 43.1 Å². The van der Waals surface area contributed by atoms with Crippen LogP contribution in [0.5, 0.6) is 0 Å². The van der Waals surface area contributed by atoms with Crippen molar-refractivity contribution in [1.82, 2.24) is 0 Å². The van der Waals surface area contributed by atoms with Gasteiger partial charge in [-0.3, -0.25) is 4.79 Å². The molecule has 0 bridgehead atoms. The van der Waals surface area contributed by atoms with Crippen LogP contribution in [0.4, 0.5) is 0 Å². The number of halogens is 2. The van der Waals surface area contributed by atoms with Gasteiger partial charge >= 0.3 is 0 Å². The Bertz CT molecular complexity index is 464. The Morgan fingerprint density at radius 3 is 2.67 bits per heavy atom. The van der Waals surface area contributed by atoms with Crippen molar-refractivity contribution >= 4 is 52.5 Å². The number of carbonyl (C=O) groups excluding carboxylic acids is 1. The first-order chi connectivity index (χ1) is 8.50. The lowest BCUT2D eigenvalue weighted by atomic mass is 10.1. The van der Waals surface area contributed by atoms with E-state index in [-0.39, 0.29) is 11.0 Å². The third-order valence-corrected chi connectivity index (χ3v) is 7.27. The molecule has 1 aromatic rings. The van der Waals surface area contributed by atoms with Gasteiger partial charge in [-0.05, 0) is 12.1 Å². The second-order valence-corrected chi connectivity index (χ2v) is 8.11. The normalized spacial score (nSPS) is 28.1. The Morgan fingerprint density at radius 2 is 2.00 bits per heavy atom. The summed E-state index contributed by atoms with van der Waals surface area (Å²) in [5.74, 6) is 0.941. The van der Waals surface area contributed by atoms with Crippen LogP contribution in [0.1, 0.15) is 24.2 Å². The van der Waals surface area contributed by atoms with Crippen LogP contribution in [-0.4, -0.2) is 27.3 Å². The van der Waals surface area contributed by atoms with E-state index in [1.54, 1.807) is 30.0 Å². The number of benzene rings is 1. The number of rotatable bonds is 2. The van der Waals surface area contributed by atoms with E-state index in [9.17, 15) is 4.79 Å². The van der Waals surface area contributed by atoms with E-state index < -0.39 is 0 Å². The maximum Gasteiger partial charge on any atom is 0.178 e. The molecule has 0 saturated carbocycles. The number of hydrogen-bond acceptors (Lipinski definition) is 3. The molecule has 2 rings (SSSR count). The minimum absolute atomic E-state index is 0.0165. The van der Waals surface area contributed by atoms with Gasteiger partial charge in [0.1, 0.15) is 0 Å². The highest BCUT2D eigenvalue weighted by atomic mass is 35.5. The SMILES string of the molecule is CC1SCC(C(=O)c2cccc(Cl)c2Cl)SC1C. The molecule has 1 aliphatic rings. The van der Waals surface area contributed by atoms with Gasteiger partial charge < -0.3 is 0 Å². The molecule has 98 valence electrons. The fourth-order valence-electron chi connectivity index (χ4n) is 1.79. The molecular weight excluding hydrogens is 307 g/mol. The lowest BCUT2D eigenvalue weighted by molar-refractivity contribution is 0.0995. The summed E-state index contributed by atoms with van der Waals surface area (Å²) < 4.78 is 0. The Labute approximate surface area is 126 Å². The van der Waals surface area contributed by atoms with E-state index in [0.29, 0.717) is 26.1 Å². The molecule has 0 aromatic heterocycles. The van der Waals surface area contributed by atoms with E-state index >= 15 is 0 Å². The van der Waals surface area contributed by atoms with Gasteiger partial charge in [0.2, 0.25) is 0 Å². The minimum Gasteiger partial charge on any atom is -0.293 e. The average molecular weight is 321 g/mol. The molecule has 1 saturated heterocycles. The van der Waals surface area contributed by atoms with E-state index in [2.05, 4.69) is 13.8 Å². The molecular formula is C13H14Cl2OS2. The first kappa shape index (κ1) is 14.6. The summed E-state index contributed by atoms with van der Waals surface area (Å²) in [6.07, 6.45) is 0. The number of hydrogen-bond donors (Lipinski definition) is 0. The van der Waals surface area contributed by atoms with E-state index in [1.165, 1.54) is 0 Å². The number of ketones is 1. The fourth-order valence-corrected chi connectivity index (χ4v) is 5.05. The smallest absolute Gasteiger partial charge is 0.178 e. The van der Waals surface area contributed by atoms with Gasteiger partial charge in [-0.15, -0.1) is 11.8 Å². The van der Waals surface area contributed by atoms with Crippen LogP contribution in [0.2, 0.25) is 10.0 Å². The number of carbonyl (C=O) groups is 1. The first-order valence-electron chi connectivity index (χ1n) is 5.76. The third-order valence-electron chi connectivity index (χ3n) is 3.06. The molecule has 3 unspecified atom stereocenters. The van der Waals surface area contributed by atoms with Crippen LogP contribution in [0.3, 0.4) is 0 Å². The molecule has 1 aliphatic heterocycles. The molecule has 0 spiro atoms. The van der Waals surface area contributed by atoms with Crippen molar-refractivity contribution in [3.05, 3.63) is 33.8 Å². The molecule has 5 heteroatoms. The predicted molar refractivity (Wildman–Crippen MR) is 83.6 cm³/mol. The van der Waals surface area contributed by atoms with Gasteiger partial charge in [0, 0.05) is 21.8 Å². The van der Waals surface area contributed by atoms with Crippen molar-refractivity contribution in [2.24, 2.45) is 0 Å². The Kier molecular flexibility index (Phi) is 4.92. The molecule has 18 heavy (non-hydrogen) atoms. The Hall–Kier alpha value is 0.170. The Balaban J connectivity index is 2.19. The number of Topliss-reactive ketones (excluding diaryl/α,β-unsaturated/α-hetero) is 1. The van der Waals surface area contributed by atoms with Gasteiger partial charge in [-0.2, -0.15) is 11.8 Å². The second kappa shape index (κ2) is 6.08. The minimum atomic E-state index is -0.0165. The standard InChI is InChI=1S/C13H14Cl2OS2/c1-7-8(2)18-11(6-17-7)13(16)9-4-3-5-10(14)12(9)15/h3-5,7-8,11H,6H2,1-2H3. The molecule has 0 N–H and O–H groups in total. The summed E-state index contributed by atoms with van der Waals surface area (Å²) in [4.78, 5) is 12.4. The lowest BCUT2D eigenvalue weighted by Gasteiger charge is -2.30. The molecule has 3 atom stereocenters. The lowest BCUT2D eigenvalue weighted by Crippen LogP contribution is -2.31. The zero-order valence-electron chi connectivity index (χ0n) is 10.2. The molecule has 0 amide bonds. The third kappa shape index (κ3) is 3.01. The van der Waals surface area contributed by atoms with Crippen molar-refractivity contribution in [3.8, 4) is 0 Å². The van der Waals surface area contributed by atoms with E-state index in [0.717, 1.165) is 5.75 Å². The van der Waals surface area contributed by atoms with Crippen LogP contribution in [0.15, 0.2) is 18.2 Å². The second-order valence-electron chi connectivity index (χ2n) is 4.33. The molecule has 1 aromatic carbocycles. The van der Waals surface area contributed by atoms with Crippen molar-refractivity contribution in [2.75, 3.05) is 5.75 Å². The number of thioether (sulfide) groups is 2. The van der Waals surface area contributed by atoms with Crippen molar-refractivity contribution in [3.63, 3.8) is 0 Å². The van der Waals surface area contributed by atoms with Crippen molar-refractivity contribution < 1.29 is 4.79 Å². The highest BCUT2D eigenvalue weighted by molar-refractivity contribution is 8.08. The molecule has 1 heterocycles. The molecule has 1 fully saturated rings. The summed E-state index contributed by atoms with van der Waals surface area (Å²) >= 11 is 15.6. The maximum absolute atomic E-state index is 12.4. The van der Waals surface area contributed by atoms with Crippen LogP contribution in [0.25, 0.3) is 0 Å². The van der Waals surface area contributed by atoms with Crippen LogP contribution < -0.4 is 0 Å². The summed E-state index contributed by atoms with van der Waals surface area (Å²) in [7, 11) is 0. The van der Waals surface area contributed by atoms with Crippen LogP contribution in [0, 0.1) is 0 Å². The maximum atomic E-state index is 12.4. The monoisotopic (exact) mass is 320 g/mol. The quantitative estimate of drug-likeness (QED) is 0.728. The zero-order chi connectivity index (χ0) is 13.3. The van der Waals surface area contributed by atoms with Crippen molar-refractivity contribution in [1.29, 1.82) is 0 Å². The average Bonchev–Trinajstić information content (AvgIpc) is 2.35. The molecule has 0 aliphatic carbocycles. The summed E-state index contributed by atoms with van der Waals surface area (Å²) in [5.41, 5.74) is 0.545.